The van der Waals surface area contributed by atoms with Crippen molar-refractivity contribution < 1.29 is 23.5 Å². The van der Waals surface area contributed by atoms with E-state index >= 15 is 0 Å². The second-order valence-corrected chi connectivity index (χ2v) is 7.86. The lowest BCUT2D eigenvalue weighted by atomic mass is 9.80. The van der Waals surface area contributed by atoms with Crippen LogP contribution >= 0.6 is 0 Å². The number of ether oxygens (including phenoxy) is 2. The van der Waals surface area contributed by atoms with E-state index in [4.69, 9.17) is 9.47 Å². The van der Waals surface area contributed by atoms with Gasteiger partial charge in [-0.2, -0.15) is 0 Å². The molecule has 0 amide bonds. The molecule has 2 aliphatic carbocycles. The van der Waals surface area contributed by atoms with Gasteiger partial charge in [-0.05, 0) is 39.0 Å². The first-order chi connectivity index (χ1) is 11.5. The summed E-state index contributed by atoms with van der Waals surface area (Å²) in [4.78, 5) is 24.6. The fourth-order valence-corrected chi connectivity index (χ4v) is 5.22. The number of nitrogens with zero attached hydrogens (tertiary/aromatic N) is 1. The highest BCUT2D eigenvalue weighted by atomic mass is 16.6. The number of rotatable bonds is 9. The van der Waals surface area contributed by atoms with Gasteiger partial charge in [0, 0.05) is 5.92 Å². The zero-order valence-electron chi connectivity index (χ0n) is 15.3. The molecule has 3 aliphatic rings. The Kier molecular flexibility index (Phi) is 5.19. The minimum absolute atomic E-state index is 0.0788. The van der Waals surface area contributed by atoms with Gasteiger partial charge >= 0.3 is 11.9 Å². The van der Waals surface area contributed by atoms with Gasteiger partial charge in [-0.1, -0.05) is 13.3 Å². The molecule has 0 aromatic heterocycles. The van der Waals surface area contributed by atoms with E-state index in [1.807, 2.05) is 0 Å². The van der Waals surface area contributed by atoms with Crippen LogP contribution in [0.2, 0.25) is 0 Å². The normalized spacial score (nSPS) is 33.8. The van der Waals surface area contributed by atoms with Crippen molar-refractivity contribution in [2.45, 2.75) is 52.6 Å². The Morgan fingerprint density at radius 1 is 1.21 bits per heavy atom. The number of hydrogen-bond acceptors (Lipinski definition) is 4. The first kappa shape index (κ1) is 17.7. The number of fused-ring (bicyclic) bond motifs is 1. The summed E-state index contributed by atoms with van der Waals surface area (Å²) in [6.45, 7) is 11.3. The van der Waals surface area contributed by atoms with Gasteiger partial charge in [0.2, 0.25) is 0 Å². The average molecular weight is 338 g/mol. The van der Waals surface area contributed by atoms with Gasteiger partial charge in [0.1, 0.15) is 19.3 Å². The summed E-state index contributed by atoms with van der Waals surface area (Å²) in [5.41, 5.74) is 0. The Morgan fingerprint density at radius 3 is 2.62 bits per heavy atom. The monoisotopic (exact) mass is 338 g/mol. The molecular formula is C19H32NO4+. The van der Waals surface area contributed by atoms with Gasteiger partial charge in [0.05, 0.1) is 31.5 Å². The van der Waals surface area contributed by atoms with Crippen LogP contribution in [0, 0.1) is 23.7 Å². The fourth-order valence-electron chi connectivity index (χ4n) is 5.22. The molecule has 24 heavy (non-hydrogen) atoms. The molecule has 5 atom stereocenters. The van der Waals surface area contributed by atoms with E-state index in [2.05, 4.69) is 20.8 Å². The zero-order chi connectivity index (χ0) is 17.3. The molecule has 3 rings (SSSR count). The summed E-state index contributed by atoms with van der Waals surface area (Å²) in [6, 6.07) is 0. The third-order valence-electron chi connectivity index (χ3n) is 6.89. The van der Waals surface area contributed by atoms with Crippen LogP contribution in [0.4, 0.5) is 0 Å². The minimum Gasteiger partial charge on any atom is -0.462 e. The van der Waals surface area contributed by atoms with Gasteiger partial charge in [-0.15, -0.1) is 0 Å². The molecule has 0 radical (unpaired) electrons. The highest BCUT2D eigenvalue weighted by Crippen LogP contribution is 2.57. The topological polar surface area (TPSA) is 52.6 Å². The van der Waals surface area contributed by atoms with Crippen LogP contribution in [0.3, 0.4) is 0 Å². The number of carbonyl (C=O) groups excluding carboxylic acids is 2. The van der Waals surface area contributed by atoms with Crippen molar-refractivity contribution in [2.24, 2.45) is 23.7 Å². The molecule has 2 saturated carbocycles. The third kappa shape index (κ3) is 2.96. The number of carbonyl (C=O) groups is 2. The maximum absolute atomic E-state index is 12.6. The summed E-state index contributed by atoms with van der Waals surface area (Å²) in [5.74, 6) is -0.237. The zero-order valence-corrected chi connectivity index (χ0v) is 15.3. The molecule has 0 N–H and O–H groups in total. The van der Waals surface area contributed by atoms with E-state index in [1.165, 1.54) is 12.8 Å². The highest BCUT2D eigenvalue weighted by Gasteiger charge is 2.64. The summed E-state index contributed by atoms with van der Waals surface area (Å²) in [6.07, 6.45) is 4.29. The van der Waals surface area contributed by atoms with Crippen molar-refractivity contribution in [1.29, 1.82) is 0 Å². The van der Waals surface area contributed by atoms with Crippen molar-refractivity contribution in [3.8, 4) is 0 Å². The predicted octanol–water partition coefficient (Wildman–Crippen LogP) is 2.38. The number of unbranched alkanes of at least 4 members (excludes halogenated alkanes) is 1. The summed E-state index contributed by atoms with van der Waals surface area (Å²) in [5, 5.41) is 0. The fraction of sp³-hybridized carbons (Fsp3) is 0.895. The first-order valence-corrected chi connectivity index (χ1v) is 9.77. The van der Waals surface area contributed by atoms with Crippen LogP contribution in [-0.2, 0) is 19.1 Å². The van der Waals surface area contributed by atoms with E-state index in [1.54, 1.807) is 0 Å². The molecule has 3 fully saturated rings. The minimum atomic E-state index is -0.248. The van der Waals surface area contributed by atoms with Crippen molar-refractivity contribution >= 4 is 11.9 Å². The van der Waals surface area contributed by atoms with E-state index in [0.717, 1.165) is 43.5 Å². The smallest absolute Gasteiger partial charge is 0.310 e. The number of likely N-dealkylation sites (N-methyl/N-ethyl adjacent to an activating group) is 1. The Balaban J connectivity index is 1.53. The quantitative estimate of drug-likeness (QED) is 0.478. The van der Waals surface area contributed by atoms with Crippen molar-refractivity contribution in [2.75, 3.05) is 32.8 Å². The lowest BCUT2D eigenvalue weighted by Gasteiger charge is -2.37. The second kappa shape index (κ2) is 7.03. The van der Waals surface area contributed by atoms with Crippen molar-refractivity contribution in [1.82, 2.24) is 0 Å². The molecule has 1 aliphatic heterocycles. The summed E-state index contributed by atoms with van der Waals surface area (Å²) >= 11 is 0. The molecule has 2 bridgehead atoms. The first-order valence-electron chi connectivity index (χ1n) is 9.77. The Bertz CT molecular complexity index is 486. The predicted molar refractivity (Wildman–Crippen MR) is 90.0 cm³/mol. The Morgan fingerprint density at radius 2 is 1.96 bits per heavy atom. The van der Waals surface area contributed by atoms with Gasteiger partial charge in [0.15, 0.2) is 0 Å². The lowest BCUT2D eigenvalue weighted by molar-refractivity contribution is -0.925. The van der Waals surface area contributed by atoms with Gasteiger partial charge in [-0.25, -0.2) is 0 Å². The second-order valence-electron chi connectivity index (χ2n) is 7.86. The lowest BCUT2D eigenvalue weighted by Crippen LogP contribution is -2.50. The molecule has 1 heterocycles. The van der Waals surface area contributed by atoms with Crippen molar-refractivity contribution in [3.05, 3.63) is 0 Å². The van der Waals surface area contributed by atoms with Crippen LogP contribution in [0.25, 0.3) is 0 Å². The molecule has 5 nitrogen and oxygen atoms in total. The molecule has 0 aromatic carbocycles. The molecule has 5 heteroatoms. The van der Waals surface area contributed by atoms with Crippen LogP contribution in [0.15, 0.2) is 0 Å². The largest absolute Gasteiger partial charge is 0.462 e. The molecule has 1 saturated heterocycles. The number of esters is 2. The SMILES string of the molecule is CCCC[N+](CC)(CC)CCOC(=O)[C@@H]1[C@@H]2C[C@@H]3[C@@H]1C(=O)O[C@@H]3C2. The van der Waals surface area contributed by atoms with E-state index in [9.17, 15) is 9.59 Å². The van der Waals surface area contributed by atoms with E-state index < -0.39 is 0 Å². The van der Waals surface area contributed by atoms with Crippen LogP contribution in [-0.4, -0.2) is 55.3 Å². The number of quaternary nitrogens is 1. The standard InChI is InChI=1S/C19H32NO4/c1-4-7-8-20(5-2,6-3)9-10-23-18(21)16-13-11-14-15(12-13)24-19(22)17(14)16/h13-17H,4-12H2,1-3H3/q+1/t13-,14+,15-,16-,17+/m1/s1. The van der Waals surface area contributed by atoms with Crippen LogP contribution in [0.1, 0.15) is 46.5 Å². The van der Waals surface area contributed by atoms with Crippen LogP contribution in [0.5, 0.6) is 0 Å². The Labute approximate surface area is 145 Å². The summed E-state index contributed by atoms with van der Waals surface area (Å²) < 4.78 is 12.1. The average Bonchev–Trinajstić information content (AvgIpc) is 3.20. The van der Waals surface area contributed by atoms with Gasteiger partial charge in [-0.3, -0.25) is 9.59 Å². The Hall–Kier alpha value is -1.10. The van der Waals surface area contributed by atoms with E-state index in [-0.39, 0.29) is 35.8 Å². The van der Waals surface area contributed by atoms with Gasteiger partial charge < -0.3 is 14.0 Å². The third-order valence-corrected chi connectivity index (χ3v) is 6.89. The van der Waals surface area contributed by atoms with Gasteiger partial charge in [0.25, 0.3) is 0 Å². The number of hydrogen-bond donors (Lipinski definition) is 0. The summed E-state index contributed by atoms with van der Waals surface area (Å²) in [7, 11) is 0. The molecule has 136 valence electrons. The maximum Gasteiger partial charge on any atom is 0.310 e. The van der Waals surface area contributed by atoms with Crippen molar-refractivity contribution in [3.63, 3.8) is 0 Å². The maximum atomic E-state index is 12.6. The van der Waals surface area contributed by atoms with Crippen LogP contribution < -0.4 is 0 Å². The highest BCUT2D eigenvalue weighted by molar-refractivity contribution is 5.85. The molecule has 0 unspecified atom stereocenters. The molecule has 0 aromatic rings. The van der Waals surface area contributed by atoms with E-state index in [0.29, 0.717) is 12.5 Å². The molecular weight excluding hydrogens is 306 g/mol. The molecule has 0 spiro atoms.